The fraction of sp³-hybridized carbons (Fsp3) is 0.0909. The van der Waals surface area contributed by atoms with Crippen LogP contribution in [0, 0.1) is 0 Å². The molecule has 0 saturated heterocycles. The van der Waals surface area contributed by atoms with Gasteiger partial charge in [-0.15, -0.1) is 0 Å². The maximum atomic E-state index is 13.2. The molecule has 0 unspecified atom stereocenters. The molecule has 0 radical (unpaired) electrons. The maximum absolute atomic E-state index is 13.2. The molecule has 0 spiro atoms. The highest BCUT2D eigenvalue weighted by Crippen LogP contribution is 2.32. The summed E-state index contributed by atoms with van der Waals surface area (Å²) in [6.07, 6.45) is -4.68. The van der Waals surface area contributed by atoms with Crippen molar-refractivity contribution in [1.82, 2.24) is 0 Å². The van der Waals surface area contributed by atoms with Crippen molar-refractivity contribution in [3.63, 3.8) is 0 Å². The van der Waals surface area contributed by atoms with Crippen molar-refractivity contribution < 1.29 is 27.5 Å². The Hall–Kier alpha value is -3.81. The van der Waals surface area contributed by atoms with Crippen LogP contribution in [0.5, 0.6) is 5.75 Å². The molecule has 0 aliphatic carbocycles. The second kappa shape index (κ2) is 8.69. The lowest BCUT2D eigenvalue weighted by molar-refractivity contribution is -0.137. The summed E-state index contributed by atoms with van der Waals surface area (Å²) in [5, 5.41) is 5.08. The molecule has 3 aromatic carbocycles. The predicted octanol–water partition coefficient (Wildman–Crippen LogP) is 5.22. The minimum absolute atomic E-state index is 0.0832. The van der Waals surface area contributed by atoms with Gasteiger partial charge in [-0.1, -0.05) is 30.3 Å². The second-order valence-electron chi connectivity index (χ2n) is 6.23. The third kappa shape index (κ3) is 4.78. The summed E-state index contributed by atoms with van der Waals surface area (Å²) in [4.78, 5) is 25.2. The molecule has 0 saturated carbocycles. The molecule has 0 aromatic heterocycles. The monoisotopic (exact) mass is 414 g/mol. The molecule has 0 atom stereocenters. The van der Waals surface area contributed by atoms with Gasteiger partial charge in [-0.25, -0.2) is 0 Å². The zero-order valence-electron chi connectivity index (χ0n) is 15.8. The summed E-state index contributed by atoms with van der Waals surface area (Å²) in [7, 11) is 1.49. The molecule has 154 valence electrons. The first-order chi connectivity index (χ1) is 14.3. The van der Waals surface area contributed by atoms with Crippen LogP contribution in [-0.4, -0.2) is 18.9 Å². The lowest BCUT2D eigenvalue weighted by Gasteiger charge is -2.15. The van der Waals surface area contributed by atoms with Gasteiger partial charge in [-0.2, -0.15) is 13.2 Å². The van der Waals surface area contributed by atoms with Gasteiger partial charge in [-0.05, 0) is 36.4 Å². The van der Waals surface area contributed by atoms with Crippen molar-refractivity contribution in [2.24, 2.45) is 0 Å². The number of hydrogen-bond donors (Lipinski definition) is 2. The number of alkyl halides is 3. The number of nitrogens with one attached hydrogen (secondary N) is 2. The average molecular weight is 414 g/mol. The van der Waals surface area contributed by atoms with Crippen molar-refractivity contribution in [1.29, 1.82) is 0 Å². The zero-order chi connectivity index (χ0) is 21.7. The minimum Gasteiger partial charge on any atom is -0.497 e. The number of hydrogen-bond acceptors (Lipinski definition) is 3. The largest absolute Gasteiger partial charge is 0.497 e. The van der Waals surface area contributed by atoms with Crippen molar-refractivity contribution >= 4 is 23.2 Å². The van der Waals surface area contributed by atoms with Gasteiger partial charge in [0.2, 0.25) is 0 Å². The summed E-state index contributed by atoms with van der Waals surface area (Å²) < 4.78 is 44.7. The number of methoxy groups -OCH3 is 1. The highest BCUT2D eigenvalue weighted by atomic mass is 19.4. The van der Waals surface area contributed by atoms with Crippen molar-refractivity contribution in [2.75, 3.05) is 17.7 Å². The Bertz CT molecular complexity index is 1080. The highest BCUT2D eigenvalue weighted by Gasteiger charge is 2.35. The Balaban J connectivity index is 1.85. The second-order valence-corrected chi connectivity index (χ2v) is 6.23. The standard InChI is InChI=1S/C22H17F3N2O3/c1-30-15-8-6-7-14(13-15)26-21(29)17-10-3-5-12-19(17)27-20(28)16-9-2-4-11-18(16)22(23,24)25/h2-13H,1H3,(H,26,29)(H,27,28). The van der Waals surface area contributed by atoms with Gasteiger partial charge in [-0.3, -0.25) is 9.59 Å². The first kappa shape index (κ1) is 20.9. The summed E-state index contributed by atoms with van der Waals surface area (Å²) in [5.41, 5.74) is -0.949. The number of para-hydroxylation sites is 1. The van der Waals surface area contributed by atoms with Crippen LogP contribution in [0.1, 0.15) is 26.3 Å². The molecule has 3 aromatic rings. The lowest BCUT2D eigenvalue weighted by atomic mass is 10.1. The molecule has 0 fully saturated rings. The fourth-order valence-electron chi connectivity index (χ4n) is 2.81. The number of amides is 2. The summed E-state index contributed by atoms with van der Waals surface area (Å²) >= 11 is 0. The molecule has 2 amide bonds. The van der Waals surface area contributed by atoms with E-state index in [1.807, 2.05) is 0 Å². The van der Waals surface area contributed by atoms with Crippen LogP contribution in [-0.2, 0) is 6.18 Å². The Morgan fingerprint density at radius 2 is 1.43 bits per heavy atom. The van der Waals surface area contributed by atoms with E-state index in [0.29, 0.717) is 11.4 Å². The van der Waals surface area contributed by atoms with E-state index in [2.05, 4.69) is 10.6 Å². The fourth-order valence-corrected chi connectivity index (χ4v) is 2.81. The molecular weight excluding hydrogens is 397 g/mol. The Labute approximate surface area is 170 Å². The molecule has 5 nitrogen and oxygen atoms in total. The van der Waals surface area contributed by atoms with Crippen LogP contribution >= 0.6 is 0 Å². The number of carbonyl (C=O) groups is 2. The van der Waals surface area contributed by atoms with E-state index in [0.717, 1.165) is 12.1 Å². The van der Waals surface area contributed by atoms with Crippen LogP contribution in [0.3, 0.4) is 0 Å². The van der Waals surface area contributed by atoms with Crippen LogP contribution < -0.4 is 15.4 Å². The number of benzene rings is 3. The van der Waals surface area contributed by atoms with Gasteiger partial charge < -0.3 is 15.4 Å². The molecule has 2 N–H and O–H groups in total. The smallest absolute Gasteiger partial charge is 0.417 e. The van der Waals surface area contributed by atoms with Crippen molar-refractivity contribution in [3.05, 3.63) is 89.5 Å². The van der Waals surface area contributed by atoms with E-state index in [1.165, 1.54) is 31.4 Å². The highest BCUT2D eigenvalue weighted by molar-refractivity contribution is 6.12. The Morgan fingerprint density at radius 1 is 0.800 bits per heavy atom. The molecular formula is C22H17F3N2O3. The summed E-state index contributed by atoms with van der Waals surface area (Å²) in [6.45, 7) is 0. The van der Waals surface area contributed by atoms with E-state index in [1.54, 1.807) is 36.4 Å². The van der Waals surface area contributed by atoms with Gasteiger partial charge in [0.1, 0.15) is 5.75 Å². The topological polar surface area (TPSA) is 67.4 Å². The average Bonchev–Trinajstić information content (AvgIpc) is 2.73. The quantitative estimate of drug-likeness (QED) is 0.602. The molecule has 0 heterocycles. The van der Waals surface area contributed by atoms with Gasteiger partial charge in [0, 0.05) is 11.8 Å². The first-order valence-electron chi connectivity index (χ1n) is 8.81. The van der Waals surface area contributed by atoms with Gasteiger partial charge in [0.05, 0.1) is 29.5 Å². The number of rotatable bonds is 5. The van der Waals surface area contributed by atoms with E-state index in [4.69, 9.17) is 4.74 Å². The van der Waals surface area contributed by atoms with Crippen LogP contribution in [0.15, 0.2) is 72.8 Å². The molecule has 0 aliphatic rings. The van der Waals surface area contributed by atoms with E-state index in [-0.39, 0.29) is 11.3 Å². The van der Waals surface area contributed by atoms with Crippen LogP contribution in [0.4, 0.5) is 24.5 Å². The normalized spacial score (nSPS) is 10.9. The van der Waals surface area contributed by atoms with Crippen molar-refractivity contribution in [2.45, 2.75) is 6.18 Å². The minimum atomic E-state index is -4.68. The first-order valence-corrected chi connectivity index (χ1v) is 8.81. The SMILES string of the molecule is COc1cccc(NC(=O)c2ccccc2NC(=O)c2ccccc2C(F)(F)F)c1. The molecule has 0 bridgehead atoms. The maximum Gasteiger partial charge on any atom is 0.417 e. The summed E-state index contributed by atoms with van der Waals surface area (Å²) in [6, 6.07) is 17.2. The number of halogens is 3. The summed E-state index contributed by atoms with van der Waals surface area (Å²) in [5.74, 6) is -0.967. The Kier molecular flexibility index (Phi) is 6.06. The van der Waals surface area contributed by atoms with E-state index in [9.17, 15) is 22.8 Å². The van der Waals surface area contributed by atoms with Gasteiger partial charge in [0.25, 0.3) is 11.8 Å². The third-order valence-corrected chi connectivity index (χ3v) is 4.22. The third-order valence-electron chi connectivity index (χ3n) is 4.22. The van der Waals surface area contributed by atoms with E-state index >= 15 is 0 Å². The van der Waals surface area contributed by atoms with Gasteiger partial charge >= 0.3 is 6.18 Å². The molecule has 3 rings (SSSR count). The van der Waals surface area contributed by atoms with Crippen molar-refractivity contribution in [3.8, 4) is 5.75 Å². The zero-order valence-corrected chi connectivity index (χ0v) is 15.8. The number of carbonyl (C=O) groups excluding carboxylic acids is 2. The predicted molar refractivity (Wildman–Crippen MR) is 107 cm³/mol. The van der Waals surface area contributed by atoms with Crippen LogP contribution in [0.2, 0.25) is 0 Å². The number of ether oxygens (including phenoxy) is 1. The van der Waals surface area contributed by atoms with E-state index < -0.39 is 29.1 Å². The molecule has 30 heavy (non-hydrogen) atoms. The Morgan fingerprint density at radius 3 is 2.13 bits per heavy atom. The number of anilines is 2. The lowest BCUT2D eigenvalue weighted by Crippen LogP contribution is -2.21. The molecule has 0 aliphatic heterocycles. The van der Waals surface area contributed by atoms with Crippen LogP contribution in [0.25, 0.3) is 0 Å². The van der Waals surface area contributed by atoms with Gasteiger partial charge in [0.15, 0.2) is 0 Å². The molecule has 8 heteroatoms.